The van der Waals surface area contributed by atoms with E-state index in [0.717, 1.165) is 41.7 Å². The zero-order valence-corrected chi connectivity index (χ0v) is 14.5. The minimum absolute atomic E-state index is 0.165. The van der Waals surface area contributed by atoms with Crippen LogP contribution in [-0.4, -0.2) is 37.7 Å². The van der Waals surface area contributed by atoms with Crippen molar-refractivity contribution in [1.82, 2.24) is 24.0 Å². The van der Waals surface area contributed by atoms with Crippen molar-refractivity contribution in [2.45, 2.75) is 25.8 Å². The summed E-state index contributed by atoms with van der Waals surface area (Å²) in [5.41, 5.74) is 2.10. The van der Waals surface area contributed by atoms with Crippen molar-refractivity contribution in [2.75, 3.05) is 18.0 Å². The van der Waals surface area contributed by atoms with Crippen LogP contribution >= 0.6 is 11.7 Å². The number of piperidine rings is 1. The molecule has 1 aliphatic heterocycles. The molecule has 4 rings (SSSR count). The van der Waals surface area contributed by atoms with Crippen LogP contribution in [0.2, 0.25) is 0 Å². The maximum absolute atomic E-state index is 12.3. The van der Waals surface area contributed by atoms with Crippen LogP contribution in [0.4, 0.5) is 5.82 Å². The molecule has 2 aromatic heterocycles. The van der Waals surface area contributed by atoms with E-state index in [1.165, 1.54) is 19.3 Å². The maximum Gasteiger partial charge on any atom is 0.251 e. The molecule has 1 N–H and O–H groups in total. The molecular weight excluding hydrogens is 336 g/mol. The van der Waals surface area contributed by atoms with Gasteiger partial charge >= 0.3 is 0 Å². The second-order valence-electron chi connectivity index (χ2n) is 6.03. The highest BCUT2D eigenvalue weighted by molar-refractivity contribution is 7.00. The zero-order valence-electron chi connectivity index (χ0n) is 13.7. The second kappa shape index (κ2) is 7.10. The SMILES string of the molecule is O=C(NCc1nccc(N2CCCCC2)n1)c1ccc2nsnc2c1. The summed E-state index contributed by atoms with van der Waals surface area (Å²) in [6.45, 7) is 2.36. The monoisotopic (exact) mass is 354 g/mol. The largest absolute Gasteiger partial charge is 0.357 e. The molecule has 1 fully saturated rings. The van der Waals surface area contributed by atoms with Crippen molar-refractivity contribution in [2.24, 2.45) is 0 Å². The van der Waals surface area contributed by atoms with E-state index in [4.69, 9.17) is 0 Å². The van der Waals surface area contributed by atoms with Crippen molar-refractivity contribution in [3.8, 4) is 0 Å². The van der Waals surface area contributed by atoms with E-state index >= 15 is 0 Å². The predicted molar refractivity (Wildman–Crippen MR) is 96.7 cm³/mol. The topological polar surface area (TPSA) is 83.9 Å². The standard InChI is InChI=1S/C17H18N6OS/c24-17(12-4-5-13-14(10-12)22-25-21-13)19-11-15-18-7-6-16(20-15)23-8-2-1-3-9-23/h4-7,10H,1-3,8-9,11H2,(H,19,24). The number of carbonyl (C=O) groups is 1. The molecule has 1 amide bonds. The van der Waals surface area contributed by atoms with E-state index in [-0.39, 0.29) is 5.91 Å². The van der Waals surface area contributed by atoms with Crippen LogP contribution in [0.15, 0.2) is 30.5 Å². The summed E-state index contributed by atoms with van der Waals surface area (Å²) in [6.07, 6.45) is 5.43. The highest BCUT2D eigenvalue weighted by atomic mass is 32.1. The Labute approximate surface area is 149 Å². The molecule has 0 bridgehead atoms. The van der Waals surface area contributed by atoms with E-state index in [9.17, 15) is 4.79 Å². The van der Waals surface area contributed by atoms with Gasteiger partial charge in [0.1, 0.15) is 22.7 Å². The van der Waals surface area contributed by atoms with E-state index < -0.39 is 0 Å². The molecule has 7 nitrogen and oxygen atoms in total. The third-order valence-electron chi connectivity index (χ3n) is 4.29. The third-order valence-corrected chi connectivity index (χ3v) is 4.85. The Balaban J connectivity index is 1.42. The number of nitrogens with one attached hydrogen (secondary N) is 1. The highest BCUT2D eigenvalue weighted by Crippen LogP contribution is 2.17. The maximum atomic E-state index is 12.3. The second-order valence-corrected chi connectivity index (χ2v) is 6.56. The van der Waals surface area contributed by atoms with Gasteiger partial charge in [-0.3, -0.25) is 4.79 Å². The number of hydrogen-bond acceptors (Lipinski definition) is 7. The third kappa shape index (κ3) is 3.58. The molecule has 25 heavy (non-hydrogen) atoms. The van der Waals surface area contributed by atoms with Crippen LogP contribution in [0.1, 0.15) is 35.4 Å². The Bertz CT molecular complexity index is 889. The smallest absolute Gasteiger partial charge is 0.251 e. The fourth-order valence-electron chi connectivity index (χ4n) is 2.96. The number of amides is 1. The van der Waals surface area contributed by atoms with Crippen LogP contribution < -0.4 is 10.2 Å². The molecule has 128 valence electrons. The van der Waals surface area contributed by atoms with Gasteiger partial charge in [-0.1, -0.05) is 0 Å². The van der Waals surface area contributed by atoms with Gasteiger partial charge in [0, 0.05) is 24.8 Å². The Morgan fingerprint density at radius 3 is 2.84 bits per heavy atom. The van der Waals surface area contributed by atoms with Crippen molar-refractivity contribution < 1.29 is 4.79 Å². The number of hydrogen-bond donors (Lipinski definition) is 1. The number of carbonyl (C=O) groups excluding carboxylic acids is 1. The van der Waals surface area contributed by atoms with Gasteiger partial charge < -0.3 is 10.2 Å². The lowest BCUT2D eigenvalue weighted by molar-refractivity contribution is 0.0950. The summed E-state index contributed by atoms with van der Waals surface area (Å²) in [5.74, 6) is 1.39. The quantitative estimate of drug-likeness (QED) is 0.774. The lowest BCUT2D eigenvalue weighted by Gasteiger charge is -2.27. The van der Waals surface area contributed by atoms with Crippen LogP contribution in [0.25, 0.3) is 11.0 Å². The van der Waals surface area contributed by atoms with Crippen molar-refractivity contribution >= 4 is 34.5 Å². The number of aromatic nitrogens is 4. The zero-order chi connectivity index (χ0) is 17.1. The van der Waals surface area contributed by atoms with Gasteiger partial charge in [-0.15, -0.1) is 0 Å². The Hall–Kier alpha value is -2.61. The molecule has 1 saturated heterocycles. The first kappa shape index (κ1) is 15.9. The molecule has 0 spiro atoms. The molecule has 0 atom stereocenters. The number of rotatable bonds is 4. The summed E-state index contributed by atoms with van der Waals surface area (Å²) in [6, 6.07) is 7.24. The average Bonchev–Trinajstić information content (AvgIpc) is 3.15. The Kier molecular flexibility index (Phi) is 4.51. The van der Waals surface area contributed by atoms with E-state index in [2.05, 4.69) is 28.9 Å². The lowest BCUT2D eigenvalue weighted by Crippen LogP contribution is -2.31. The van der Waals surface area contributed by atoms with Gasteiger partial charge in [-0.25, -0.2) is 9.97 Å². The molecular formula is C17H18N6OS. The number of nitrogens with zero attached hydrogens (tertiary/aromatic N) is 5. The van der Waals surface area contributed by atoms with Crippen molar-refractivity contribution in [3.63, 3.8) is 0 Å². The molecule has 0 aliphatic carbocycles. The van der Waals surface area contributed by atoms with Gasteiger partial charge in [0.2, 0.25) is 0 Å². The van der Waals surface area contributed by atoms with Gasteiger partial charge in [0.15, 0.2) is 0 Å². The summed E-state index contributed by atoms with van der Waals surface area (Å²) in [4.78, 5) is 23.5. The predicted octanol–water partition coefficient (Wildman–Crippen LogP) is 2.40. The van der Waals surface area contributed by atoms with Gasteiger partial charge in [-0.2, -0.15) is 8.75 Å². The van der Waals surface area contributed by atoms with Crippen molar-refractivity contribution in [3.05, 3.63) is 41.9 Å². The molecule has 0 unspecified atom stereocenters. The molecule has 3 aromatic rings. The van der Waals surface area contributed by atoms with Gasteiger partial charge in [0.05, 0.1) is 18.3 Å². The van der Waals surface area contributed by atoms with Crippen LogP contribution in [0.5, 0.6) is 0 Å². The normalized spacial score (nSPS) is 14.6. The number of fused-ring (bicyclic) bond motifs is 1. The van der Waals surface area contributed by atoms with E-state index in [1.807, 2.05) is 6.07 Å². The number of anilines is 1. The van der Waals surface area contributed by atoms with E-state index in [0.29, 0.717) is 17.9 Å². The molecule has 0 radical (unpaired) electrons. The van der Waals surface area contributed by atoms with Crippen LogP contribution in [0, 0.1) is 0 Å². The first-order valence-corrected chi connectivity index (χ1v) is 9.10. The average molecular weight is 354 g/mol. The Morgan fingerprint density at radius 1 is 1.12 bits per heavy atom. The van der Waals surface area contributed by atoms with Crippen LogP contribution in [-0.2, 0) is 6.54 Å². The van der Waals surface area contributed by atoms with E-state index in [1.54, 1.807) is 24.4 Å². The molecule has 0 saturated carbocycles. The number of benzene rings is 1. The summed E-state index contributed by atoms with van der Waals surface area (Å²) in [5, 5.41) is 2.88. The molecule has 8 heteroatoms. The van der Waals surface area contributed by atoms with Gasteiger partial charge in [0.25, 0.3) is 5.91 Å². The van der Waals surface area contributed by atoms with Crippen molar-refractivity contribution in [1.29, 1.82) is 0 Å². The fraction of sp³-hybridized carbons (Fsp3) is 0.353. The lowest BCUT2D eigenvalue weighted by atomic mass is 10.1. The first-order valence-electron chi connectivity index (χ1n) is 8.37. The summed E-state index contributed by atoms with van der Waals surface area (Å²) in [7, 11) is 0. The Morgan fingerprint density at radius 2 is 1.96 bits per heavy atom. The minimum atomic E-state index is -0.165. The molecule has 1 aromatic carbocycles. The minimum Gasteiger partial charge on any atom is -0.357 e. The van der Waals surface area contributed by atoms with Gasteiger partial charge in [-0.05, 0) is 43.5 Å². The highest BCUT2D eigenvalue weighted by Gasteiger charge is 2.13. The summed E-state index contributed by atoms with van der Waals surface area (Å²) < 4.78 is 8.30. The summed E-state index contributed by atoms with van der Waals surface area (Å²) >= 11 is 1.14. The fourth-order valence-corrected chi connectivity index (χ4v) is 3.47. The first-order chi connectivity index (χ1) is 12.3. The molecule has 3 heterocycles. The van der Waals surface area contributed by atoms with Crippen LogP contribution in [0.3, 0.4) is 0 Å². The molecule has 1 aliphatic rings.